The van der Waals surface area contributed by atoms with Crippen LogP contribution in [0.25, 0.3) is 0 Å². The Morgan fingerprint density at radius 3 is 2.68 bits per heavy atom. The highest BCUT2D eigenvalue weighted by atomic mass is 19.2. The minimum Gasteiger partial charge on any atom is -0.381 e. The van der Waals surface area contributed by atoms with Gasteiger partial charge in [-0.05, 0) is 23.8 Å². The Morgan fingerprint density at radius 2 is 1.89 bits per heavy atom. The maximum atomic E-state index is 13.5. The van der Waals surface area contributed by atoms with Crippen molar-refractivity contribution < 1.29 is 13.5 Å². The van der Waals surface area contributed by atoms with Crippen LogP contribution in [0.15, 0.2) is 42.5 Å². The van der Waals surface area contributed by atoms with Gasteiger partial charge in [0, 0.05) is 24.9 Å². The van der Waals surface area contributed by atoms with Crippen LogP contribution in [0.4, 0.5) is 14.5 Å². The molecule has 2 aromatic rings. The molecule has 0 aliphatic heterocycles. The zero-order chi connectivity index (χ0) is 13.7. The number of ether oxygens (including phenoxy) is 1. The Bertz CT molecular complexity index is 558. The van der Waals surface area contributed by atoms with Crippen molar-refractivity contribution in [1.29, 1.82) is 0 Å². The molecule has 2 nitrogen and oxygen atoms in total. The Labute approximate surface area is 111 Å². The number of benzene rings is 2. The summed E-state index contributed by atoms with van der Waals surface area (Å²) in [5.74, 6) is -1.63. The first kappa shape index (κ1) is 13.5. The Hall–Kier alpha value is -1.94. The second-order valence-corrected chi connectivity index (χ2v) is 4.20. The van der Waals surface area contributed by atoms with E-state index in [1.807, 2.05) is 24.3 Å². The van der Waals surface area contributed by atoms with E-state index in [1.165, 1.54) is 6.07 Å². The number of hydrogen-bond acceptors (Lipinski definition) is 2. The highest BCUT2D eigenvalue weighted by Gasteiger charge is 2.07. The summed E-state index contributed by atoms with van der Waals surface area (Å²) in [6.45, 7) is 0.754. The van der Waals surface area contributed by atoms with E-state index >= 15 is 0 Å². The fourth-order valence-corrected chi connectivity index (χ4v) is 1.82. The van der Waals surface area contributed by atoms with E-state index < -0.39 is 11.6 Å². The van der Waals surface area contributed by atoms with Gasteiger partial charge in [-0.15, -0.1) is 0 Å². The number of hydrogen-bond donors (Lipinski definition) is 1. The molecule has 0 fully saturated rings. The van der Waals surface area contributed by atoms with Crippen molar-refractivity contribution in [3.05, 3.63) is 65.2 Å². The maximum Gasteiger partial charge on any atom is 0.163 e. The van der Waals surface area contributed by atoms with Gasteiger partial charge in [0.25, 0.3) is 0 Å². The number of halogens is 2. The average molecular weight is 263 g/mol. The van der Waals surface area contributed by atoms with Gasteiger partial charge in [-0.3, -0.25) is 0 Å². The van der Waals surface area contributed by atoms with Crippen molar-refractivity contribution in [3.8, 4) is 0 Å². The summed E-state index contributed by atoms with van der Waals surface area (Å²) >= 11 is 0. The molecule has 4 heteroatoms. The molecule has 0 radical (unpaired) electrons. The van der Waals surface area contributed by atoms with E-state index in [-0.39, 0.29) is 6.54 Å². The van der Waals surface area contributed by atoms with Crippen LogP contribution in [-0.4, -0.2) is 7.11 Å². The third-order valence-electron chi connectivity index (χ3n) is 2.75. The molecule has 0 aliphatic rings. The van der Waals surface area contributed by atoms with E-state index in [0.717, 1.165) is 17.3 Å². The molecule has 0 aromatic heterocycles. The minimum absolute atomic E-state index is 0.236. The van der Waals surface area contributed by atoms with Crippen molar-refractivity contribution in [2.45, 2.75) is 13.2 Å². The van der Waals surface area contributed by atoms with E-state index in [1.54, 1.807) is 13.2 Å². The largest absolute Gasteiger partial charge is 0.381 e. The molecule has 0 heterocycles. The zero-order valence-electron chi connectivity index (χ0n) is 10.6. The molecule has 0 atom stereocenters. The highest BCUT2D eigenvalue weighted by molar-refractivity contribution is 5.46. The number of nitrogens with one attached hydrogen (secondary N) is 1. The monoisotopic (exact) mass is 263 g/mol. The van der Waals surface area contributed by atoms with Gasteiger partial charge in [-0.1, -0.05) is 24.3 Å². The average Bonchev–Trinajstić information content (AvgIpc) is 2.41. The molecule has 100 valence electrons. The molecule has 0 unspecified atom stereocenters. The van der Waals surface area contributed by atoms with Gasteiger partial charge in [0.1, 0.15) is 0 Å². The van der Waals surface area contributed by atoms with Crippen LogP contribution in [0.2, 0.25) is 0 Å². The Balaban J connectivity index is 2.06. The van der Waals surface area contributed by atoms with Crippen molar-refractivity contribution in [2.24, 2.45) is 0 Å². The SMILES string of the molecule is COCc1cccc(NCc2cccc(F)c2F)c1. The second kappa shape index (κ2) is 6.29. The standard InChI is InChI=1S/C15H15F2NO/c1-19-10-11-4-2-6-13(8-11)18-9-12-5-3-7-14(16)15(12)17/h2-8,18H,9-10H2,1H3. The number of rotatable bonds is 5. The Morgan fingerprint density at radius 1 is 1.11 bits per heavy atom. The van der Waals surface area contributed by atoms with Gasteiger partial charge < -0.3 is 10.1 Å². The summed E-state index contributed by atoms with van der Waals surface area (Å²) < 4.78 is 31.6. The summed E-state index contributed by atoms with van der Waals surface area (Å²) in [6, 6.07) is 11.8. The van der Waals surface area contributed by atoms with Gasteiger partial charge in [-0.2, -0.15) is 0 Å². The number of anilines is 1. The first-order valence-corrected chi connectivity index (χ1v) is 5.95. The summed E-state index contributed by atoms with van der Waals surface area (Å²) in [4.78, 5) is 0. The summed E-state index contributed by atoms with van der Waals surface area (Å²) in [6.07, 6.45) is 0. The summed E-state index contributed by atoms with van der Waals surface area (Å²) in [5, 5.41) is 3.07. The molecular weight excluding hydrogens is 248 g/mol. The third kappa shape index (κ3) is 3.51. The lowest BCUT2D eigenvalue weighted by molar-refractivity contribution is 0.185. The first-order valence-electron chi connectivity index (χ1n) is 5.95. The van der Waals surface area contributed by atoms with Crippen LogP contribution in [-0.2, 0) is 17.9 Å². The molecule has 0 saturated carbocycles. The normalized spacial score (nSPS) is 10.5. The van der Waals surface area contributed by atoms with Gasteiger partial charge >= 0.3 is 0 Å². The summed E-state index contributed by atoms with van der Waals surface area (Å²) in [7, 11) is 1.63. The van der Waals surface area contributed by atoms with E-state index in [4.69, 9.17) is 4.74 Å². The lowest BCUT2D eigenvalue weighted by Gasteiger charge is -2.09. The van der Waals surface area contributed by atoms with Gasteiger partial charge in [-0.25, -0.2) is 8.78 Å². The molecule has 2 aromatic carbocycles. The van der Waals surface area contributed by atoms with Gasteiger partial charge in [0.15, 0.2) is 11.6 Å². The van der Waals surface area contributed by atoms with Crippen LogP contribution in [0, 0.1) is 11.6 Å². The molecule has 0 saturated heterocycles. The van der Waals surface area contributed by atoms with Crippen molar-refractivity contribution in [2.75, 3.05) is 12.4 Å². The predicted molar refractivity (Wildman–Crippen MR) is 70.8 cm³/mol. The number of methoxy groups -OCH3 is 1. The molecule has 0 spiro atoms. The molecule has 0 bridgehead atoms. The van der Waals surface area contributed by atoms with Gasteiger partial charge in [0.2, 0.25) is 0 Å². The fraction of sp³-hybridized carbons (Fsp3) is 0.200. The third-order valence-corrected chi connectivity index (χ3v) is 2.75. The highest BCUT2D eigenvalue weighted by Crippen LogP contribution is 2.15. The Kier molecular flexibility index (Phi) is 4.47. The first-order chi connectivity index (χ1) is 9.20. The lowest BCUT2D eigenvalue weighted by Crippen LogP contribution is -2.03. The molecule has 1 N–H and O–H groups in total. The smallest absolute Gasteiger partial charge is 0.163 e. The molecule has 0 amide bonds. The van der Waals surface area contributed by atoms with Crippen molar-refractivity contribution in [1.82, 2.24) is 0 Å². The van der Waals surface area contributed by atoms with Gasteiger partial charge in [0.05, 0.1) is 6.61 Å². The van der Waals surface area contributed by atoms with Crippen molar-refractivity contribution >= 4 is 5.69 Å². The topological polar surface area (TPSA) is 21.3 Å². The van der Waals surface area contributed by atoms with Crippen LogP contribution in [0.5, 0.6) is 0 Å². The lowest BCUT2D eigenvalue weighted by atomic mass is 10.2. The van der Waals surface area contributed by atoms with Crippen LogP contribution in [0.1, 0.15) is 11.1 Å². The predicted octanol–water partition coefficient (Wildman–Crippen LogP) is 3.72. The molecule has 2 rings (SSSR count). The molecule has 0 aliphatic carbocycles. The fourth-order valence-electron chi connectivity index (χ4n) is 1.82. The van der Waals surface area contributed by atoms with Crippen LogP contribution < -0.4 is 5.32 Å². The molecule has 19 heavy (non-hydrogen) atoms. The molecular formula is C15H15F2NO. The van der Waals surface area contributed by atoms with E-state index in [9.17, 15) is 8.78 Å². The minimum atomic E-state index is -0.826. The second-order valence-electron chi connectivity index (χ2n) is 4.20. The quantitative estimate of drug-likeness (QED) is 0.887. The maximum absolute atomic E-state index is 13.5. The van der Waals surface area contributed by atoms with Crippen LogP contribution >= 0.6 is 0 Å². The zero-order valence-corrected chi connectivity index (χ0v) is 10.6. The summed E-state index contributed by atoms with van der Waals surface area (Å²) in [5.41, 5.74) is 2.17. The van der Waals surface area contributed by atoms with Crippen LogP contribution in [0.3, 0.4) is 0 Å². The van der Waals surface area contributed by atoms with Crippen molar-refractivity contribution in [3.63, 3.8) is 0 Å². The van der Waals surface area contributed by atoms with E-state index in [0.29, 0.717) is 12.2 Å². The van der Waals surface area contributed by atoms with E-state index in [2.05, 4.69) is 5.32 Å².